The molecular weight excluding hydrogens is 577 g/mol. The number of urea groups is 1. The lowest BCUT2D eigenvalue weighted by molar-refractivity contribution is -0.384. The SMILES string of the molecule is O=C1NC(=O)N(c2cccc([N+](=O)[O-])c2)C(=O)/C1=C/c1ccc(OCc2ccc(Cl)cc2Cl)c(Br)c1. The number of imide groups is 2. The summed E-state index contributed by atoms with van der Waals surface area (Å²) in [5.41, 5.74) is 0.514. The largest absolute Gasteiger partial charge is 0.488 e. The first kappa shape index (κ1) is 25.4. The van der Waals surface area contributed by atoms with E-state index in [0.29, 0.717) is 30.7 Å². The number of amides is 4. The second-order valence-electron chi connectivity index (χ2n) is 7.45. The van der Waals surface area contributed by atoms with Crippen LogP contribution in [0.15, 0.2) is 70.7 Å². The summed E-state index contributed by atoms with van der Waals surface area (Å²) in [5, 5.41) is 14.1. The zero-order valence-corrected chi connectivity index (χ0v) is 21.1. The van der Waals surface area contributed by atoms with Crippen molar-refractivity contribution in [1.82, 2.24) is 5.32 Å². The van der Waals surface area contributed by atoms with Gasteiger partial charge in [-0.15, -0.1) is 0 Å². The fourth-order valence-electron chi connectivity index (χ4n) is 3.32. The number of nitrogens with one attached hydrogen (secondary N) is 1. The highest BCUT2D eigenvalue weighted by Crippen LogP contribution is 2.30. The van der Waals surface area contributed by atoms with Crippen molar-refractivity contribution < 1.29 is 24.0 Å². The number of carbonyl (C=O) groups excluding carboxylic acids is 3. The number of rotatable bonds is 6. The molecule has 0 radical (unpaired) electrons. The quantitative estimate of drug-likeness (QED) is 0.165. The van der Waals surface area contributed by atoms with Crippen molar-refractivity contribution in [2.24, 2.45) is 0 Å². The van der Waals surface area contributed by atoms with Gasteiger partial charge in [0.25, 0.3) is 17.5 Å². The molecule has 0 saturated carbocycles. The first-order chi connectivity index (χ1) is 17.1. The molecule has 182 valence electrons. The van der Waals surface area contributed by atoms with Gasteiger partial charge in [0.1, 0.15) is 17.9 Å². The first-order valence-electron chi connectivity index (χ1n) is 10.2. The molecule has 0 spiro atoms. The molecule has 4 amide bonds. The van der Waals surface area contributed by atoms with Crippen LogP contribution in [-0.4, -0.2) is 22.8 Å². The highest BCUT2D eigenvalue weighted by molar-refractivity contribution is 9.10. The van der Waals surface area contributed by atoms with Crippen LogP contribution in [0.5, 0.6) is 5.75 Å². The summed E-state index contributed by atoms with van der Waals surface area (Å²) in [7, 11) is 0. The lowest BCUT2D eigenvalue weighted by Gasteiger charge is -2.26. The van der Waals surface area contributed by atoms with Crippen molar-refractivity contribution in [2.45, 2.75) is 6.61 Å². The summed E-state index contributed by atoms with van der Waals surface area (Å²) in [5.74, 6) is -1.32. The summed E-state index contributed by atoms with van der Waals surface area (Å²) in [6.07, 6.45) is 1.30. The standard InChI is InChI=1S/C24H14BrCl2N3O6/c25-19-9-13(4-7-21(19)36-12-14-5-6-15(26)10-20(14)27)8-18-22(31)28-24(33)29(23(18)32)16-2-1-3-17(11-16)30(34)35/h1-11H,12H2,(H,28,31,33)/b18-8+. The smallest absolute Gasteiger partial charge is 0.335 e. The molecule has 1 heterocycles. The van der Waals surface area contributed by atoms with E-state index in [1.54, 1.807) is 36.4 Å². The van der Waals surface area contributed by atoms with Gasteiger partial charge in [-0.3, -0.25) is 25.0 Å². The van der Waals surface area contributed by atoms with Gasteiger partial charge in [-0.25, -0.2) is 9.69 Å². The third-order valence-electron chi connectivity index (χ3n) is 5.07. The Morgan fingerprint density at radius 3 is 2.53 bits per heavy atom. The fourth-order valence-corrected chi connectivity index (χ4v) is 4.30. The van der Waals surface area contributed by atoms with Gasteiger partial charge in [0.15, 0.2) is 0 Å². The van der Waals surface area contributed by atoms with Gasteiger partial charge >= 0.3 is 6.03 Å². The molecule has 1 fully saturated rings. The Hall–Kier alpha value is -3.73. The molecule has 4 rings (SSSR count). The van der Waals surface area contributed by atoms with Crippen molar-refractivity contribution in [1.29, 1.82) is 0 Å². The van der Waals surface area contributed by atoms with Crippen LogP contribution in [0.2, 0.25) is 10.0 Å². The lowest BCUT2D eigenvalue weighted by Crippen LogP contribution is -2.54. The number of ether oxygens (including phenoxy) is 1. The number of benzene rings is 3. The molecule has 9 nitrogen and oxygen atoms in total. The maximum absolute atomic E-state index is 13.0. The normalized spacial score (nSPS) is 14.7. The Balaban J connectivity index is 1.57. The van der Waals surface area contributed by atoms with Crippen LogP contribution in [0.4, 0.5) is 16.2 Å². The minimum absolute atomic E-state index is 0.0455. The van der Waals surface area contributed by atoms with Crippen LogP contribution in [0.25, 0.3) is 6.08 Å². The Bertz CT molecular complexity index is 1460. The predicted octanol–water partition coefficient (Wildman–Crippen LogP) is 5.91. The predicted molar refractivity (Wildman–Crippen MR) is 137 cm³/mol. The Morgan fingerprint density at radius 2 is 1.83 bits per heavy atom. The van der Waals surface area contributed by atoms with E-state index in [0.717, 1.165) is 11.6 Å². The highest BCUT2D eigenvalue weighted by Gasteiger charge is 2.37. The van der Waals surface area contributed by atoms with E-state index in [1.165, 1.54) is 24.3 Å². The van der Waals surface area contributed by atoms with E-state index in [1.807, 2.05) is 0 Å². The maximum Gasteiger partial charge on any atom is 0.335 e. The summed E-state index contributed by atoms with van der Waals surface area (Å²) in [6.45, 7) is 0.177. The van der Waals surface area contributed by atoms with Crippen molar-refractivity contribution in [3.63, 3.8) is 0 Å². The second kappa shape index (κ2) is 10.5. The monoisotopic (exact) mass is 589 g/mol. The average Bonchev–Trinajstić information content (AvgIpc) is 2.82. The minimum atomic E-state index is -1.01. The molecule has 0 unspecified atom stereocenters. The number of anilines is 1. The lowest BCUT2D eigenvalue weighted by atomic mass is 10.1. The molecule has 0 atom stereocenters. The molecular formula is C24H14BrCl2N3O6. The minimum Gasteiger partial charge on any atom is -0.488 e. The van der Waals surface area contributed by atoms with Gasteiger partial charge in [0.05, 0.1) is 15.1 Å². The number of nitrogens with zero attached hydrogens (tertiary/aromatic N) is 2. The van der Waals surface area contributed by atoms with Crippen LogP contribution in [-0.2, 0) is 16.2 Å². The van der Waals surface area contributed by atoms with Crippen LogP contribution < -0.4 is 15.0 Å². The van der Waals surface area contributed by atoms with Crippen LogP contribution >= 0.6 is 39.1 Å². The van der Waals surface area contributed by atoms with Crippen molar-refractivity contribution in [3.05, 3.63) is 102 Å². The third-order valence-corrected chi connectivity index (χ3v) is 6.27. The van der Waals surface area contributed by atoms with E-state index in [2.05, 4.69) is 21.2 Å². The van der Waals surface area contributed by atoms with Crippen LogP contribution in [0.3, 0.4) is 0 Å². The average molecular weight is 591 g/mol. The zero-order chi connectivity index (χ0) is 26.0. The Labute approximate surface area is 222 Å². The molecule has 3 aromatic rings. The number of halogens is 3. The van der Waals surface area contributed by atoms with Gasteiger partial charge in [-0.05, 0) is 57.9 Å². The second-order valence-corrected chi connectivity index (χ2v) is 9.15. The van der Waals surface area contributed by atoms with E-state index < -0.39 is 22.8 Å². The van der Waals surface area contributed by atoms with Gasteiger partial charge < -0.3 is 4.74 Å². The van der Waals surface area contributed by atoms with E-state index in [4.69, 9.17) is 27.9 Å². The van der Waals surface area contributed by atoms with Gasteiger partial charge in [0, 0.05) is 27.7 Å². The van der Waals surface area contributed by atoms with Crippen molar-refractivity contribution in [2.75, 3.05) is 4.90 Å². The van der Waals surface area contributed by atoms with Gasteiger partial charge in [-0.1, -0.05) is 41.4 Å². The Kier molecular flexibility index (Phi) is 7.39. The molecule has 1 saturated heterocycles. The maximum atomic E-state index is 13.0. The molecule has 3 aromatic carbocycles. The van der Waals surface area contributed by atoms with Crippen molar-refractivity contribution in [3.8, 4) is 5.75 Å². The van der Waals surface area contributed by atoms with Crippen molar-refractivity contribution >= 4 is 74.4 Å². The van der Waals surface area contributed by atoms with E-state index in [-0.39, 0.29) is 23.6 Å². The molecule has 0 bridgehead atoms. The van der Waals surface area contributed by atoms with Gasteiger partial charge in [0.2, 0.25) is 0 Å². The van der Waals surface area contributed by atoms with Gasteiger partial charge in [-0.2, -0.15) is 0 Å². The summed E-state index contributed by atoms with van der Waals surface area (Å²) in [6, 6.07) is 13.9. The summed E-state index contributed by atoms with van der Waals surface area (Å²) < 4.78 is 6.34. The Morgan fingerprint density at radius 1 is 1.06 bits per heavy atom. The first-order valence-corrected chi connectivity index (χ1v) is 11.7. The molecule has 1 aliphatic heterocycles. The summed E-state index contributed by atoms with van der Waals surface area (Å²) >= 11 is 15.5. The number of barbiturate groups is 1. The molecule has 0 aliphatic carbocycles. The number of non-ortho nitro benzene ring substituents is 1. The topological polar surface area (TPSA) is 119 Å². The van der Waals surface area contributed by atoms with Crippen LogP contribution in [0.1, 0.15) is 11.1 Å². The highest BCUT2D eigenvalue weighted by atomic mass is 79.9. The van der Waals surface area contributed by atoms with Crippen LogP contribution in [0, 0.1) is 10.1 Å². The number of nitro benzene ring substituents is 1. The number of nitro groups is 1. The summed E-state index contributed by atoms with van der Waals surface area (Å²) in [4.78, 5) is 48.9. The number of hydrogen-bond donors (Lipinski definition) is 1. The van der Waals surface area contributed by atoms with E-state index in [9.17, 15) is 24.5 Å². The number of hydrogen-bond acceptors (Lipinski definition) is 6. The molecule has 36 heavy (non-hydrogen) atoms. The third kappa shape index (κ3) is 5.40. The fraction of sp³-hybridized carbons (Fsp3) is 0.0417. The molecule has 12 heteroatoms. The molecule has 1 aliphatic rings. The van der Waals surface area contributed by atoms with E-state index >= 15 is 0 Å². The molecule has 1 N–H and O–H groups in total. The zero-order valence-electron chi connectivity index (χ0n) is 18.0. The number of carbonyl (C=O) groups is 3. The molecule has 0 aromatic heterocycles.